The molecule has 2 amide bonds. The lowest BCUT2D eigenvalue weighted by Crippen LogP contribution is -2.39. The van der Waals surface area contributed by atoms with Crippen LogP contribution in [0.4, 0.5) is 8.78 Å². The fourth-order valence-corrected chi connectivity index (χ4v) is 2.22. The fourth-order valence-electron chi connectivity index (χ4n) is 2.22. The van der Waals surface area contributed by atoms with E-state index in [0.717, 1.165) is 12.1 Å². The Balaban J connectivity index is 1.90. The summed E-state index contributed by atoms with van der Waals surface area (Å²) < 4.78 is 27.0. The van der Waals surface area contributed by atoms with Crippen molar-refractivity contribution < 1.29 is 18.4 Å². The number of amides is 2. The number of nitrogens with one attached hydrogen (secondary N) is 2. The molecule has 5 nitrogen and oxygen atoms in total. The van der Waals surface area contributed by atoms with Gasteiger partial charge in [-0.15, -0.1) is 0 Å². The maximum absolute atomic E-state index is 13.5. The van der Waals surface area contributed by atoms with Crippen LogP contribution < -0.4 is 16.4 Å². The molecule has 126 valence electrons. The summed E-state index contributed by atoms with van der Waals surface area (Å²) >= 11 is 0. The van der Waals surface area contributed by atoms with Gasteiger partial charge in [-0.25, -0.2) is 8.78 Å². The van der Waals surface area contributed by atoms with E-state index in [0.29, 0.717) is 5.56 Å². The maximum Gasteiger partial charge on any atom is 0.257 e. The summed E-state index contributed by atoms with van der Waals surface area (Å²) in [5.41, 5.74) is 5.41. The first-order valence-electron chi connectivity index (χ1n) is 7.30. The SMILES string of the molecule is NC(=O)C(NCCNC(=O)c1c(F)cccc1F)c1ccccc1. The van der Waals surface area contributed by atoms with Crippen molar-refractivity contribution in [3.8, 4) is 0 Å². The molecular formula is C17H17F2N3O2. The summed E-state index contributed by atoms with van der Waals surface area (Å²) in [6.45, 7) is 0.271. The molecule has 0 saturated heterocycles. The molecule has 0 saturated carbocycles. The van der Waals surface area contributed by atoms with Gasteiger partial charge in [-0.1, -0.05) is 36.4 Å². The summed E-state index contributed by atoms with van der Waals surface area (Å²) in [6.07, 6.45) is 0. The monoisotopic (exact) mass is 333 g/mol. The molecule has 0 bridgehead atoms. The molecule has 1 unspecified atom stereocenters. The second-order valence-electron chi connectivity index (χ2n) is 5.05. The van der Waals surface area contributed by atoms with E-state index < -0.39 is 35.1 Å². The van der Waals surface area contributed by atoms with Crippen LogP contribution in [-0.4, -0.2) is 24.9 Å². The Morgan fingerprint density at radius 2 is 1.58 bits per heavy atom. The topological polar surface area (TPSA) is 84.2 Å². The molecule has 4 N–H and O–H groups in total. The first-order valence-corrected chi connectivity index (χ1v) is 7.30. The Morgan fingerprint density at radius 1 is 0.958 bits per heavy atom. The van der Waals surface area contributed by atoms with Crippen LogP contribution in [0.25, 0.3) is 0 Å². The van der Waals surface area contributed by atoms with Crippen LogP contribution in [0.5, 0.6) is 0 Å². The third-order valence-corrected chi connectivity index (χ3v) is 3.37. The lowest BCUT2D eigenvalue weighted by atomic mass is 10.1. The van der Waals surface area contributed by atoms with Crippen LogP contribution in [-0.2, 0) is 4.79 Å². The average Bonchev–Trinajstić information content (AvgIpc) is 2.55. The van der Waals surface area contributed by atoms with E-state index >= 15 is 0 Å². The summed E-state index contributed by atoms with van der Waals surface area (Å²) in [4.78, 5) is 23.3. The van der Waals surface area contributed by atoms with Crippen LogP contribution in [0.1, 0.15) is 22.0 Å². The molecule has 0 aliphatic rings. The minimum absolute atomic E-state index is 0.0726. The first kappa shape index (κ1) is 17.6. The van der Waals surface area contributed by atoms with Gasteiger partial charge in [-0.2, -0.15) is 0 Å². The highest BCUT2D eigenvalue weighted by Crippen LogP contribution is 2.12. The molecule has 0 aromatic heterocycles. The summed E-state index contributed by atoms with van der Waals surface area (Å²) in [7, 11) is 0. The van der Waals surface area contributed by atoms with E-state index in [1.807, 2.05) is 6.07 Å². The van der Waals surface area contributed by atoms with Crippen molar-refractivity contribution in [2.24, 2.45) is 5.73 Å². The maximum atomic E-state index is 13.5. The highest BCUT2D eigenvalue weighted by atomic mass is 19.1. The minimum Gasteiger partial charge on any atom is -0.368 e. The molecule has 0 aliphatic carbocycles. The Bertz CT molecular complexity index is 703. The van der Waals surface area contributed by atoms with Gasteiger partial charge in [0.1, 0.15) is 23.2 Å². The molecule has 2 aromatic rings. The number of nitrogens with two attached hydrogens (primary N) is 1. The number of benzene rings is 2. The number of halogens is 2. The fraction of sp³-hybridized carbons (Fsp3) is 0.176. The molecule has 2 rings (SSSR count). The molecule has 0 spiro atoms. The van der Waals surface area contributed by atoms with Crippen molar-refractivity contribution in [1.29, 1.82) is 0 Å². The van der Waals surface area contributed by atoms with Crippen molar-refractivity contribution >= 4 is 11.8 Å². The number of rotatable bonds is 7. The quantitative estimate of drug-likeness (QED) is 0.672. The molecule has 0 aliphatic heterocycles. The number of hydrogen-bond donors (Lipinski definition) is 3. The van der Waals surface area contributed by atoms with Gasteiger partial charge in [-0.3, -0.25) is 9.59 Å². The number of carbonyl (C=O) groups excluding carboxylic acids is 2. The first-order chi connectivity index (χ1) is 11.5. The summed E-state index contributed by atoms with van der Waals surface area (Å²) in [5.74, 6) is -3.28. The molecule has 0 fully saturated rings. The average molecular weight is 333 g/mol. The van der Waals surface area contributed by atoms with Crippen molar-refractivity contribution in [1.82, 2.24) is 10.6 Å². The van der Waals surface area contributed by atoms with Crippen molar-refractivity contribution in [2.45, 2.75) is 6.04 Å². The standard InChI is InChI=1S/C17H17F2N3O2/c18-12-7-4-8-13(19)14(12)17(24)22-10-9-21-15(16(20)23)11-5-2-1-3-6-11/h1-8,15,21H,9-10H2,(H2,20,23)(H,22,24). The lowest BCUT2D eigenvalue weighted by Gasteiger charge is -2.16. The van der Waals surface area contributed by atoms with Gasteiger partial charge in [0, 0.05) is 13.1 Å². The normalized spacial score (nSPS) is 11.8. The number of primary amides is 1. The van der Waals surface area contributed by atoms with E-state index in [-0.39, 0.29) is 13.1 Å². The molecule has 0 radical (unpaired) electrons. The number of hydrogen-bond acceptors (Lipinski definition) is 3. The van der Waals surface area contributed by atoms with Gasteiger partial charge in [0.25, 0.3) is 5.91 Å². The van der Waals surface area contributed by atoms with Crippen molar-refractivity contribution in [2.75, 3.05) is 13.1 Å². The van der Waals surface area contributed by atoms with Gasteiger partial charge in [-0.05, 0) is 17.7 Å². The van der Waals surface area contributed by atoms with Crippen LogP contribution in [0.15, 0.2) is 48.5 Å². The van der Waals surface area contributed by atoms with Crippen molar-refractivity contribution in [3.63, 3.8) is 0 Å². The molecule has 7 heteroatoms. The molecule has 24 heavy (non-hydrogen) atoms. The Morgan fingerprint density at radius 3 is 2.17 bits per heavy atom. The predicted octanol–water partition coefficient (Wildman–Crippen LogP) is 1.51. The summed E-state index contributed by atoms with van der Waals surface area (Å²) in [6, 6.07) is 11.3. The summed E-state index contributed by atoms with van der Waals surface area (Å²) in [5, 5.41) is 5.29. The molecule has 1 atom stereocenters. The minimum atomic E-state index is -0.931. The van der Waals surface area contributed by atoms with E-state index in [1.165, 1.54) is 6.07 Å². The highest BCUT2D eigenvalue weighted by molar-refractivity contribution is 5.94. The molecular weight excluding hydrogens is 316 g/mol. The Hall–Kier alpha value is -2.80. The predicted molar refractivity (Wildman–Crippen MR) is 85.1 cm³/mol. The third-order valence-electron chi connectivity index (χ3n) is 3.37. The largest absolute Gasteiger partial charge is 0.368 e. The van der Waals surface area contributed by atoms with E-state index in [9.17, 15) is 18.4 Å². The molecule has 2 aromatic carbocycles. The highest BCUT2D eigenvalue weighted by Gasteiger charge is 2.18. The van der Waals surface area contributed by atoms with Gasteiger partial charge >= 0.3 is 0 Å². The zero-order valence-electron chi connectivity index (χ0n) is 12.8. The third kappa shape index (κ3) is 4.36. The van der Waals surface area contributed by atoms with E-state index in [4.69, 9.17) is 5.73 Å². The van der Waals surface area contributed by atoms with Gasteiger partial charge in [0.05, 0.1) is 0 Å². The van der Waals surface area contributed by atoms with Gasteiger partial charge < -0.3 is 16.4 Å². The van der Waals surface area contributed by atoms with E-state index in [1.54, 1.807) is 24.3 Å². The van der Waals surface area contributed by atoms with Crippen LogP contribution in [0.2, 0.25) is 0 Å². The van der Waals surface area contributed by atoms with Gasteiger partial charge in [0.15, 0.2) is 0 Å². The van der Waals surface area contributed by atoms with Crippen molar-refractivity contribution in [3.05, 3.63) is 71.3 Å². The smallest absolute Gasteiger partial charge is 0.257 e. The van der Waals surface area contributed by atoms with Crippen LogP contribution in [0, 0.1) is 11.6 Å². The van der Waals surface area contributed by atoms with Crippen LogP contribution in [0.3, 0.4) is 0 Å². The second kappa shape index (κ2) is 8.16. The lowest BCUT2D eigenvalue weighted by molar-refractivity contribution is -0.120. The Labute approximate surface area is 137 Å². The van der Waals surface area contributed by atoms with Crippen LogP contribution >= 0.6 is 0 Å². The Kier molecular flexibility index (Phi) is 5.97. The zero-order valence-corrected chi connectivity index (χ0v) is 12.8. The van der Waals surface area contributed by atoms with E-state index in [2.05, 4.69) is 10.6 Å². The second-order valence-corrected chi connectivity index (χ2v) is 5.05. The molecule has 0 heterocycles. The zero-order chi connectivity index (χ0) is 17.5. The number of carbonyl (C=O) groups is 2. The van der Waals surface area contributed by atoms with Gasteiger partial charge in [0.2, 0.25) is 5.91 Å².